The Kier molecular flexibility index (Phi) is 4.81. The van der Waals surface area contributed by atoms with Crippen LogP contribution in [0.25, 0.3) is 0 Å². The van der Waals surface area contributed by atoms with Gasteiger partial charge in [0.2, 0.25) is 0 Å². The van der Waals surface area contributed by atoms with Crippen LogP contribution in [0.3, 0.4) is 0 Å². The van der Waals surface area contributed by atoms with Gasteiger partial charge in [0.25, 0.3) is 0 Å². The normalized spacial score (nSPS) is 25.5. The highest BCUT2D eigenvalue weighted by atomic mass is 15.3. The molecule has 0 spiro atoms. The first kappa shape index (κ1) is 13.6. The van der Waals surface area contributed by atoms with E-state index in [1.54, 1.807) is 0 Å². The molecule has 1 aromatic rings. The monoisotopic (exact) mass is 249 g/mol. The molecule has 102 valence electrons. The van der Waals surface area contributed by atoms with Gasteiger partial charge >= 0.3 is 0 Å². The molecule has 0 aromatic carbocycles. The molecule has 0 bridgehead atoms. The number of rotatable bonds is 6. The minimum absolute atomic E-state index is 0.482. The van der Waals surface area contributed by atoms with Gasteiger partial charge in [-0.1, -0.05) is 26.7 Å². The Labute approximate surface area is 111 Å². The molecule has 0 radical (unpaired) electrons. The Morgan fingerprint density at radius 1 is 1.44 bits per heavy atom. The van der Waals surface area contributed by atoms with Crippen LogP contribution in [0.5, 0.6) is 0 Å². The number of hydrogen-bond donors (Lipinski definition) is 1. The molecule has 1 aromatic heterocycles. The number of hydrogen-bond acceptors (Lipinski definition) is 2. The standard InChI is InChI=1S/C15H27N3/c1-4-10-18-14(8-9-17-18)15(16-3)13-7-6-12(5-2)11-13/h8-9,12-13,15-16H,4-7,10-11H2,1-3H3. The zero-order valence-corrected chi connectivity index (χ0v) is 12.0. The van der Waals surface area contributed by atoms with Gasteiger partial charge in [0.1, 0.15) is 0 Å². The molecule has 1 fully saturated rings. The average Bonchev–Trinajstić information content (AvgIpc) is 3.01. The zero-order chi connectivity index (χ0) is 13.0. The maximum atomic E-state index is 4.46. The highest BCUT2D eigenvalue weighted by Crippen LogP contribution is 2.40. The largest absolute Gasteiger partial charge is 0.311 e. The summed E-state index contributed by atoms with van der Waals surface area (Å²) >= 11 is 0. The van der Waals surface area contributed by atoms with Gasteiger partial charge in [-0.25, -0.2) is 0 Å². The van der Waals surface area contributed by atoms with E-state index >= 15 is 0 Å². The van der Waals surface area contributed by atoms with E-state index in [2.05, 4.69) is 42.1 Å². The molecule has 3 nitrogen and oxygen atoms in total. The smallest absolute Gasteiger partial charge is 0.0556 e. The number of nitrogens with one attached hydrogen (secondary N) is 1. The highest BCUT2D eigenvalue weighted by Gasteiger charge is 2.31. The molecule has 2 rings (SSSR count). The van der Waals surface area contributed by atoms with Crippen LogP contribution in [0.2, 0.25) is 0 Å². The van der Waals surface area contributed by atoms with Crippen molar-refractivity contribution in [3.63, 3.8) is 0 Å². The van der Waals surface area contributed by atoms with Gasteiger partial charge in [0, 0.05) is 12.7 Å². The van der Waals surface area contributed by atoms with Crippen molar-refractivity contribution >= 4 is 0 Å². The van der Waals surface area contributed by atoms with E-state index in [0.29, 0.717) is 6.04 Å². The topological polar surface area (TPSA) is 29.9 Å². The third-order valence-corrected chi connectivity index (χ3v) is 4.44. The number of nitrogens with zero attached hydrogens (tertiary/aromatic N) is 2. The molecule has 1 saturated carbocycles. The predicted octanol–water partition coefficient (Wildman–Crippen LogP) is 3.38. The second-order valence-electron chi connectivity index (χ2n) is 5.59. The predicted molar refractivity (Wildman–Crippen MR) is 75.4 cm³/mol. The summed E-state index contributed by atoms with van der Waals surface area (Å²) in [5, 5.41) is 7.99. The fourth-order valence-electron chi connectivity index (χ4n) is 3.42. The lowest BCUT2D eigenvalue weighted by Gasteiger charge is -2.24. The van der Waals surface area contributed by atoms with Crippen LogP contribution in [0, 0.1) is 11.8 Å². The molecule has 1 aliphatic carbocycles. The first-order valence-corrected chi connectivity index (χ1v) is 7.49. The van der Waals surface area contributed by atoms with Crippen LogP contribution in [-0.4, -0.2) is 16.8 Å². The maximum Gasteiger partial charge on any atom is 0.0556 e. The highest BCUT2D eigenvalue weighted by molar-refractivity contribution is 5.09. The van der Waals surface area contributed by atoms with Crippen molar-refractivity contribution in [1.29, 1.82) is 0 Å². The second kappa shape index (κ2) is 6.37. The van der Waals surface area contributed by atoms with Crippen LogP contribution in [0.4, 0.5) is 0 Å². The summed E-state index contributed by atoms with van der Waals surface area (Å²) in [7, 11) is 2.09. The quantitative estimate of drug-likeness (QED) is 0.837. The Bertz CT molecular complexity index is 358. The van der Waals surface area contributed by atoms with Gasteiger partial charge < -0.3 is 5.32 Å². The van der Waals surface area contributed by atoms with Crippen LogP contribution in [0.15, 0.2) is 12.3 Å². The van der Waals surface area contributed by atoms with Crippen molar-refractivity contribution in [2.24, 2.45) is 11.8 Å². The summed E-state index contributed by atoms with van der Waals surface area (Å²) in [6, 6.07) is 2.67. The number of aryl methyl sites for hydroxylation is 1. The summed E-state index contributed by atoms with van der Waals surface area (Å²) in [5.41, 5.74) is 1.38. The molecule has 3 heteroatoms. The first-order chi connectivity index (χ1) is 8.80. The maximum absolute atomic E-state index is 4.46. The zero-order valence-electron chi connectivity index (χ0n) is 12.0. The van der Waals surface area contributed by atoms with Crippen LogP contribution in [-0.2, 0) is 6.54 Å². The van der Waals surface area contributed by atoms with E-state index in [-0.39, 0.29) is 0 Å². The van der Waals surface area contributed by atoms with E-state index in [9.17, 15) is 0 Å². The van der Waals surface area contributed by atoms with Gasteiger partial charge in [-0.15, -0.1) is 0 Å². The van der Waals surface area contributed by atoms with Gasteiger partial charge in [-0.05, 0) is 44.2 Å². The molecule has 0 saturated heterocycles. The molecule has 0 amide bonds. The Morgan fingerprint density at radius 2 is 2.28 bits per heavy atom. The molecule has 1 heterocycles. The molecule has 1 aliphatic rings. The van der Waals surface area contributed by atoms with E-state index in [1.807, 2.05) is 6.20 Å². The molecule has 3 atom stereocenters. The van der Waals surface area contributed by atoms with Gasteiger partial charge in [0.05, 0.1) is 11.7 Å². The Balaban J connectivity index is 2.10. The van der Waals surface area contributed by atoms with Crippen molar-refractivity contribution in [3.05, 3.63) is 18.0 Å². The molecule has 1 N–H and O–H groups in total. The number of aromatic nitrogens is 2. The summed E-state index contributed by atoms with van der Waals surface area (Å²) in [5.74, 6) is 1.72. The van der Waals surface area contributed by atoms with Crippen molar-refractivity contribution < 1.29 is 0 Å². The molecule has 0 aliphatic heterocycles. The van der Waals surface area contributed by atoms with Gasteiger partial charge in [0.15, 0.2) is 0 Å². The summed E-state index contributed by atoms with van der Waals surface area (Å²) in [6.45, 7) is 5.57. The summed E-state index contributed by atoms with van der Waals surface area (Å²) in [6.07, 6.45) is 8.57. The SMILES string of the molecule is CCCn1nccc1C(NC)C1CCC(CC)C1. The van der Waals surface area contributed by atoms with Crippen LogP contribution < -0.4 is 5.32 Å². The third-order valence-electron chi connectivity index (χ3n) is 4.44. The Morgan fingerprint density at radius 3 is 2.89 bits per heavy atom. The molecule has 18 heavy (non-hydrogen) atoms. The lowest BCUT2D eigenvalue weighted by Crippen LogP contribution is -2.26. The second-order valence-corrected chi connectivity index (χ2v) is 5.59. The van der Waals surface area contributed by atoms with E-state index < -0.39 is 0 Å². The fourth-order valence-corrected chi connectivity index (χ4v) is 3.42. The van der Waals surface area contributed by atoms with Gasteiger partial charge in [-0.3, -0.25) is 4.68 Å². The molecule has 3 unspecified atom stereocenters. The minimum atomic E-state index is 0.482. The van der Waals surface area contributed by atoms with E-state index in [4.69, 9.17) is 0 Å². The Hall–Kier alpha value is -0.830. The molecular formula is C15H27N3. The fraction of sp³-hybridized carbons (Fsp3) is 0.800. The lowest BCUT2D eigenvalue weighted by atomic mass is 9.93. The first-order valence-electron chi connectivity index (χ1n) is 7.49. The van der Waals surface area contributed by atoms with E-state index in [0.717, 1.165) is 24.8 Å². The third kappa shape index (κ3) is 2.77. The van der Waals surface area contributed by atoms with Crippen molar-refractivity contribution in [2.75, 3.05) is 7.05 Å². The van der Waals surface area contributed by atoms with E-state index in [1.165, 1.54) is 31.4 Å². The van der Waals surface area contributed by atoms with Crippen molar-refractivity contribution in [1.82, 2.24) is 15.1 Å². The van der Waals surface area contributed by atoms with Gasteiger partial charge in [-0.2, -0.15) is 5.10 Å². The van der Waals surface area contributed by atoms with Crippen LogP contribution >= 0.6 is 0 Å². The average molecular weight is 249 g/mol. The summed E-state index contributed by atoms with van der Waals surface area (Å²) < 4.78 is 2.18. The summed E-state index contributed by atoms with van der Waals surface area (Å²) in [4.78, 5) is 0. The molecular weight excluding hydrogens is 222 g/mol. The minimum Gasteiger partial charge on any atom is -0.311 e. The lowest BCUT2D eigenvalue weighted by molar-refractivity contribution is 0.350. The van der Waals surface area contributed by atoms with Crippen LogP contribution in [0.1, 0.15) is 57.7 Å². The van der Waals surface area contributed by atoms with Crippen molar-refractivity contribution in [3.8, 4) is 0 Å². The van der Waals surface area contributed by atoms with Crippen molar-refractivity contribution in [2.45, 2.75) is 58.5 Å².